The monoisotopic (exact) mass is 412 g/mol. The van der Waals surface area contributed by atoms with E-state index in [9.17, 15) is 4.79 Å². The molecule has 0 spiro atoms. The van der Waals surface area contributed by atoms with Crippen molar-refractivity contribution in [2.45, 2.75) is 51.6 Å². The number of furan rings is 1. The fraction of sp³-hybridized carbons (Fsp3) is 0.409. The summed E-state index contributed by atoms with van der Waals surface area (Å²) < 4.78 is 5.57. The second-order valence-electron chi connectivity index (χ2n) is 7.81. The minimum atomic E-state index is 0.0215. The SMILES string of the molecule is CC(C)NC(=O)CCN(Cc1ccco1)c1nc(C2CC2)nc2cc(Cl)ccc12. The van der Waals surface area contributed by atoms with Crippen LogP contribution in [-0.2, 0) is 11.3 Å². The third-order valence-corrected chi connectivity index (χ3v) is 5.12. The van der Waals surface area contributed by atoms with Crippen LogP contribution in [-0.4, -0.2) is 28.5 Å². The summed E-state index contributed by atoms with van der Waals surface area (Å²) in [5.41, 5.74) is 0.834. The molecule has 1 saturated carbocycles. The van der Waals surface area contributed by atoms with Crippen molar-refractivity contribution in [1.82, 2.24) is 15.3 Å². The molecular weight excluding hydrogens is 388 g/mol. The van der Waals surface area contributed by atoms with E-state index in [1.807, 2.05) is 44.2 Å². The molecule has 1 N–H and O–H groups in total. The van der Waals surface area contributed by atoms with Crippen molar-refractivity contribution < 1.29 is 9.21 Å². The Morgan fingerprint density at radius 1 is 1.31 bits per heavy atom. The number of aromatic nitrogens is 2. The molecule has 0 aliphatic heterocycles. The smallest absolute Gasteiger partial charge is 0.221 e. The van der Waals surface area contributed by atoms with E-state index in [4.69, 9.17) is 26.0 Å². The van der Waals surface area contributed by atoms with Gasteiger partial charge in [0.2, 0.25) is 5.91 Å². The van der Waals surface area contributed by atoms with Gasteiger partial charge in [0, 0.05) is 35.3 Å². The summed E-state index contributed by atoms with van der Waals surface area (Å²) in [5.74, 6) is 2.93. The van der Waals surface area contributed by atoms with Crippen molar-refractivity contribution in [3.63, 3.8) is 0 Å². The summed E-state index contributed by atoms with van der Waals surface area (Å²) in [4.78, 5) is 24.0. The molecule has 1 aliphatic carbocycles. The lowest BCUT2D eigenvalue weighted by molar-refractivity contribution is -0.121. The van der Waals surface area contributed by atoms with Gasteiger partial charge < -0.3 is 14.6 Å². The van der Waals surface area contributed by atoms with Gasteiger partial charge in [-0.3, -0.25) is 4.79 Å². The van der Waals surface area contributed by atoms with E-state index in [0.717, 1.165) is 41.1 Å². The maximum absolute atomic E-state index is 12.3. The highest BCUT2D eigenvalue weighted by Crippen LogP contribution is 2.40. The summed E-state index contributed by atoms with van der Waals surface area (Å²) in [6.07, 6.45) is 4.25. The first kappa shape index (κ1) is 19.7. The summed E-state index contributed by atoms with van der Waals surface area (Å²) in [5, 5.41) is 4.53. The number of carbonyl (C=O) groups excluding carboxylic acids is 1. The first-order valence-electron chi connectivity index (χ1n) is 10.0. The Bertz CT molecular complexity index is 999. The van der Waals surface area contributed by atoms with E-state index >= 15 is 0 Å². The number of nitrogens with one attached hydrogen (secondary N) is 1. The number of amides is 1. The zero-order valence-corrected chi connectivity index (χ0v) is 17.4. The van der Waals surface area contributed by atoms with E-state index in [1.165, 1.54) is 0 Å². The van der Waals surface area contributed by atoms with Crippen LogP contribution >= 0.6 is 11.6 Å². The Balaban J connectivity index is 1.70. The molecule has 152 valence electrons. The van der Waals surface area contributed by atoms with Crippen LogP contribution in [0.2, 0.25) is 5.02 Å². The van der Waals surface area contributed by atoms with Gasteiger partial charge in [0.05, 0.1) is 18.3 Å². The molecule has 6 nitrogen and oxygen atoms in total. The molecule has 0 saturated heterocycles. The second kappa shape index (κ2) is 8.41. The number of hydrogen-bond donors (Lipinski definition) is 1. The Morgan fingerprint density at radius 2 is 2.14 bits per heavy atom. The number of fused-ring (bicyclic) bond motifs is 1. The standard InChI is InChI=1S/C22H25ClN4O2/c1-14(2)24-20(28)9-10-27(13-17-4-3-11-29-17)22-18-8-7-16(23)12-19(18)25-21(26-22)15-5-6-15/h3-4,7-8,11-12,14-15H,5-6,9-10,13H2,1-2H3,(H,24,28). The van der Waals surface area contributed by atoms with Crippen LogP contribution in [0.25, 0.3) is 10.9 Å². The van der Waals surface area contributed by atoms with Crippen molar-refractivity contribution in [2.75, 3.05) is 11.4 Å². The Hall–Kier alpha value is -2.60. The molecule has 3 aromatic rings. The Labute approximate surface area is 175 Å². The fourth-order valence-corrected chi connectivity index (χ4v) is 3.52. The lowest BCUT2D eigenvalue weighted by Gasteiger charge is -2.25. The van der Waals surface area contributed by atoms with Crippen molar-refractivity contribution >= 4 is 34.2 Å². The molecule has 29 heavy (non-hydrogen) atoms. The van der Waals surface area contributed by atoms with Crippen LogP contribution in [0.4, 0.5) is 5.82 Å². The van der Waals surface area contributed by atoms with E-state index < -0.39 is 0 Å². The number of anilines is 1. The molecule has 1 aliphatic rings. The molecular formula is C22H25ClN4O2. The molecule has 0 unspecified atom stereocenters. The summed E-state index contributed by atoms with van der Waals surface area (Å²) in [6, 6.07) is 9.60. The molecule has 0 radical (unpaired) electrons. The molecule has 2 aromatic heterocycles. The van der Waals surface area contributed by atoms with Crippen LogP contribution < -0.4 is 10.2 Å². The average Bonchev–Trinajstić information content (AvgIpc) is 3.40. The normalized spacial score (nSPS) is 13.8. The lowest BCUT2D eigenvalue weighted by atomic mass is 10.2. The highest BCUT2D eigenvalue weighted by Gasteiger charge is 2.28. The summed E-state index contributed by atoms with van der Waals surface area (Å²) in [6.45, 7) is 4.98. The average molecular weight is 413 g/mol. The third kappa shape index (κ3) is 4.88. The van der Waals surface area contributed by atoms with Gasteiger partial charge in [0.15, 0.2) is 0 Å². The van der Waals surface area contributed by atoms with Crippen LogP contribution in [0.3, 0.4) is 0 Å². The van der Waals surface area contributed by atoms with Crippen LogP contribution in [0, 0.1) is 0 Å². The highest BCUT2D eigenvalue weighted by atomic mass is 35.5. The van der Waals surface area contributed by atoms with E-state index in [2.05, 4.69) is 10.2 Å². The largest absolute Gasteiger partial charge is 0.467 e. The van der Waals surface area contributed by atoms with Gasteiger partial charge in [0.25, 0.3) is 0 Å². The Kier molecular flexibility index (Phi) is 5.72. The van der Waals surface area contributed by atoms with E-state index in [0.29, 0.717) is 30.5 Å². The summed E-state index contributed by atoms with van der Waals surface area (Å²) in [7, 11) is 0. The molecule has 0 atom stereocenters. The number of halogens is 1. The van der Waals surface area contributed by atoms with E-state index in [-0.39, 0.29) is 11.9 Å². The van der Waals surface area contributed by atoms with Gasteiger partial charge in [-0.1, -0.05) is 11.6 Å². The van der Waals surface area contributed by atoms with Crippen LogP contribution in [0.15, 0.2) is 41.0 Å². The molecule has 1 amide bonds. The minimum absolute atomic E-state index is 0.0215. The highest BCUT2D eigenvalue weighted by molar-refractivity contribution is 6.31. The van der Waals surface area contributed by atoms with Crippen molar-refractivity contribution in [3.8, 4) is 0 Å². The lowest BCUT2D eigenvalue weighted by Crippen LogP contribution is -2.34. The number of hydrogen-bond acceptors (Lipinski definition) is 5. The van der Waals surface area contributed by atoms with Crippen LogP contribution in [0.1, 0.15) is 50.6 Å². The molecule has 1 fully saturated rings. The second-order valence-corrected chi connectivity index (χ2v) is 8.25. The maximum Gasteiger partial charge on any atom is 0.221 e. The first-order chi connectivity index (χ1) is 14.0. The number of nitrogens with zero attached hydrogens (tertiary/aromatic N) is 3. The number of carbonyl (C=O) groups is 1. The first-order valence-corrected chi connectivity index (χ1v) is 10.4. The number of benzene rings is 1. The molecule has 2 heterocycles. The van der Waals surface area contributed by atoms with Crippen LogP contribution in [0.5, 0.6) is 0 Å². The molecule has 7 heteroatoms. The fourth-order valence-electron chi connectivity index (χ4n) is 3.35. The predicted molar refractivity (Wildman–Crippen MR) is 114 cm³/mol. The van der Waals surface area contributed by atoms with Gasteiger partial charge in [-0.15, -0.1) is 0 Å². The Morgan fingerprint density at radius 3 is 2.83 bits per heavy atom. The van der Waals surface area contributed by atoms with Crippen molar-refractivity contribution in [3.05, 3.63) is 53.2 Å². The minimum Gasteiger partial charge on any atom is -0.467 e. The topological polar surface area (TPSA) is 71.3 Å². The predicted octanol–water partition coefficient (Wildman–Crippen LogP) is 4.67. The zero-order chi connectivity index (χ0) is 20.4. The van der Waals surface area contributed by atoms with Gasteiger partial charge in [-0.25, -0.2) is 9.97 Å². The maximum atomic E-state index is 12.3. The molecule has 1 aromatic carbocycles. The van der Waals surface area contributed by atoms with Crippen molar-refractivity contribution in [2.24, 2.45) is 0 Å². The van der Waals surface area contributed by atoms with E-state index in [1.54, 1.807) is 6.26 Å². The zero-order valence-electron chi connectivity index (χ0n) is 16.7. The quantitative estimate of drug-likeness (QED) is 0.581. The van der Waals surface area contributed by atoms with Gasteiger partial charge in [-0.2, -0.15) is 0 Å². The van der Waals surface area contributed by atoms with Gasteiger partial charge in [0.1, 0.15) is 17.4 Å². The van der Waals surface area contributed by atoms with Gasteiger partial charge >= 0.3 is 0 Å². The molecule has 0 bridgehead atoms. The van der Waals surface area contributed by atoms with Gasteiger partial charge in [-0.05, 0) is 57.0 Å². The number of rotatable bonds is 8. The van der Waals surface area contributed by atoms with Crippen molar-refractivity contribution in [1.29, 1.82) is 0 Å². The molecule has 4 rings (SSSR count). The third-order valence-electron chi connectivity index (χ3n) is 4.88. The summed E-state index contributed by atoms with van der Waals surface area (Å²) >= 11 is 6.22.